The Hall–Kier alpha value is -2.35. The van der Waals surface area contributed by atoms with Gasteiger partial charge in [0.25, 0.3) is 5.24 Å². The third-order valence-corrected chi connectivity index (χ3v) is 5.57. The highest BCUT2D eigenvalue weighted by Gasteiger charge is 2.38. The number of nitrogens with zero attached hydrogens (tertiary/aromatic N) is 3. The maximum Gasteiger partial charge on any atom is 0.289 e. The number of thioether (sulfide) groups is 1. The Labute approximate surface area is 148 Å². The Morgan fingerprint density at radius 2 is 2.00 bits per heavy atom. The average Bonchev–Trinajstić information content (AvgIpc) is 3.19. The van der Waals surface area contributed by atoms with E-state index in [1.54, 1.807) is 4.90 Å². The first-order valence-corrected chi connectivity index (χ1v) is 9.22. The van der Waals surface area contributed by atoms with Crippen molar-refractivity contribution in [1.29, 1.82) is 0 Å². The van der Waals surface area contributed by atoms with E-state index in [2.05, 4.69) is 5.16 Å². The van der Waals surface area contributed by atoms with Gasteiger partial charge in [-0.05, 0) is 25.0 Å². The highest BCUT2D eigenvalue weighted by molar-refractivity contribution is 8.14. The maximum absolute atomic E-state index is 12.6. The zero-order chi connectivity index (χ0) is 17.4. The van der Waals surface area contributed by atoms with Crippen LogP contribution in [0.1, 0.15) is 18.5 Å². The monoisotopic (exact) mass is 359 g/mol. The van der Waals surface area contributed by atoms with E-state index in [4.69, 9.17) is 4.52 Å². The molecule has 0 bridgehead atoms. The normalized spacial score (nSPS) is 19.2. The van der Waals surface area contributed by atoms with Gasteiger partial charge in [-0.15, -0.1) is 0 Å². The van der Waals surface area contributed by atoms with Crippen LogP contribution in [0, 0.1) is 0 Å². The van der Waals surface area contributed by atoms with Crippen molar-refractivity contribution in [3.63, 3.8) is 0 Å². The third-order valence-electron chi connectivity index (χ3n) is 4.74. The summed E-state index contributed by atoms with van der Waals surface area (Å²) in [6.07, 6.45) is 1.45. The minimum atomic E-state index is -0.163. The number of para-hydroxylation sites is 1. The number of benzene rings is 1. The molecule has 1 aromatic heterocycles. The molecule has 0 atom stereocenters. The van der Waals surface area contributed by atoms with E-state index in [1.807, 2.05) is 24.3 Å². The molecule has 3 amide bonds. The summed E-state index contributed by atoms with van der Waals surface area (Å²) in [4.78, 5) is 39.3. The Morgan fingerprint density at radius 3 is 2.72 bits per heavy atom. The number of carbonyl (C=O) groups excluding carboxylic acids is 3. The van der Waals surface area contributed by atoms with E-state index >= 15 is 0 Å². The number of hydrogen-bond donors (Lipinski definition) is 0. The molecule has 0 unspecified atom stereocenters. The zero-order valence-electron chi connectivity index (χ0n) is 13.5. The van der Waals surface area contributed by atoms with E-state index in [9.17, 15) is 14.4 Å². The van der Waals surface area contributed by atoms with Gasteiger partial charge in [0.2, 0.25) is 11.8 Å². The van der Waals surface area contributed by atoms with Crippen LogP contribution in [0.15, 0.2) is 28.8 Å². The summed E-state index contributed by atoms with van der Waals surface area (Å²) in [6, 6.07) is 7.38. The fourth-order valence-corrected chi connectivity index (χ4v) is 4.19. The Balaban J connectivity index is 1.38. The molecule has 0 radical (unpaired) electrons. The number of imide groups is 1. The minimum Gasteiger partial charge on any atom is -0.356 e. The van der Waals surface area contributed by atoms with Gasteiger partial charge in [0.05, 0.1) is 12.2 Å². The summed E-state index contributed by atoms with van der Waals surface area (Å²) < 4.78 is 5.24. The van der Waals surface area contributed by atoms with Crippen LogP contribution in [0.4, 0.5) is 4.79 Å². The second-order valence-corrected chi connectivity index (χ2v) is 7.16. The first-order chi connectivity index (χ1) is 12.1. The molecule has 130 valence electrons. The van der Waals surface area contributed by atoms with E-state index < -0.39 is 0 Å². The van der Waals surface area contributed by atoms with Gasteiger partial charge in [-0.2, -0.15) is 0 Å². The van der Waals surface area contributed by atoms with Crippen molar-refractivity contribution in [3.8, 4) is 0 Å². The van der Waals surface area contributed by atoms with Crippen LogP contribution in [-0.2, 0) is 16.0 Å². The molecule has 7 nitrogen and oxygen atoms in total. The van der Waals surface area contributed by atoms with Gasteiger partial charge in [-0.3, -0.25) is 19.3 Å². The lowest BCUT2D eigenvalue weighted by Gasteiger charge is -2.35. The number of hydrogen-bond acceptors (Lipinski definition) is 6. The van der Waals surface area contributed by atoms with Crippen molar-refractivity contribution >= 4 is 39.8 Å². The number of amides is 3. The Kier molecular flexibility index (Phi) is 4.20. The first-order valence-electron chi connectivity index (χ1n) is 8.23. The molecule has 2 aliphatic heterocycles. The van der Waals surface area contributed by atoms with Crippen molar-refractivity contribution in [1.82, 2.24) is 15.0 Å². The summed E-state index contributed by atoms with van der Waals surface area (Å²) >= 11 is 1.06. The van der Waals surface area contributed by atoms with Crippen molar-refractivity contribution in [3.05, 3.63) is 30.0 Å². The zero-order valence-corrected chi connectivity index (χ0v) is 14.3. The summed E-state index contributed by atoms with van der Waals surface area (Å²) in [5.74, 6) is 0.108. The van der Waals surface area contributed by atoms with Crippen LogP contribution < -0.4 is 0 Å². The molecule has 8 heteroatoms. The molecule has 2 aliphatic rings. The molecule has 1 aromatic carbocycles. The Bertz CT molecular complexity index is 825. The van der Waals surface area contributed by atoms with Crippen LogP contribution in [0.2, 0.25) is 0 Å². The molecule has 0 spiro atoms. The molecule has 2 fully saturated rings. The van der Waals surface area contributed by atoms with E-state index in [0.717, 1.165) is 17.1 Å². The molecule has 0 saturated carbocycles. The van der Waals surface area contributed by atoms with Crippen LogP contribution in [0.25, 0.3) is 11.0 Å². The quantitative estimate of drug-likeness (QED) is 0.834. The first kappa shape index (κ1) is 16.1. The molecule has 0 N–H and O–H groups in total. The molecule has 2 aromatic rings. The highest BCUT2D eigenvalue weighted by Crippen LogP contribution is 2.27. The lowest BCUT2D eigenvalue weighted by molar-refractivity contribution is -0.132. The predicted octanol–water partition coefficient (Wildman–Crippen LogP) is 2.06. The summed E-state index contributed by atoms with van der Waals surface area (Å²) in [5.41, 5.74) is 1.32. The number of carbonyl (C=O) groups is 3. The smallest absolute Gasteiger partial charge is 0.289 e. The summed E-state index contributed by atoms with van der Waals surface area (Å²) in [6.45, 7) is 1.09. The number of rotatable bonds is 3. The maximum atomic E-state index is 12.6. The number of piperidine rings is 1. The number of likely N-dealkylation sites (tertiary alicyclic amines) is 1. The van der Waals surface area contributed by atoms with Gasteiger partial charge in [0.15, 0.2) is 5.58 Å². The topological polar surface area (TPSA) is 83.7 Å². The molecule has 0 aliphatic carbocycles. The molecule has 25 heavy (non-hydrogen) atoms. The van der Waals surface area contributed by atoms with Gasteiger partial charge < -0.3 is 9.42 Å². The largest absolute Gasteiger partial charge is 0.356 e. The van der Waals surface area contributed by atoms with Gasteiger partial charge in [-0.25, -0.2) is 0 Å². The van der Waals surface area contributed by atoms with Gasteiger partial charge >= 0.3 is 0 Å². The predicted molar refractivity (Wildman–Crippen MR) is 92.0 cm³/mol. The minimum absolute atomic E-state index is 0.00838. The molecule has 2 saturated heterocycles. The van der Waals surface area contributed by atoms with Crippen LogP contribution in [0.3, 0.4) is 0 Å². The second kappa shape index (κ2) is 6.51. The van der Waals surface area contributed by atoms with Crippen molar-refractivity contribution in [2.75, 3.05) is 18.8 Å². The average molecular weight is 359 g/mol. The van der Waals surface area contributed by atoms with Gasteiger partial charge in [0.1, 0.15) is 5.69 Å². The van der Waals surface area contributed by atoms with Crippen molar-refractivity contribution in [2.24, 2.45) is 0 Å². The van der Waals surface area contributed by atoms with E-state index in [0.29, 0.717) is 37.2 Å². The van der Waals surface area contributed by atoms with Crippen LogP contribution >= 0.6 is 11.8 Å². The second-order valence-electron chi connectivity index (χ2n) is 6.23. The van der Waals surface area contributed by atoms with Gasteiger partial charge in [-0.1, -0.05) is 29.1 Å². The fourth-order valence-electron chi connectivity index (χ4n) is 3.41. The fraction of sp³-hybridized carbons (Fsp3) is 0.412. The summed E-state index contributed by atoms with van der Waals surface area (Å²) in [5, 5.41) is 4.70. The highest BCUT2D eigenvalue weighted by atomic mass is 32.2. The van der Waals surface area contributed by atoms with Crippen LogP contribution in [-0.4, -0.2) is 56.9 Å². The van der Waals surface area contributed by atoms with Crippen molar-refractivity contribution in [2.45, 2.75) is 25.3 Å². The van der Waals surface area contributed by atoms with E-state index in [1.165, 1.54) is 4.90 Å². The Morgan fingerprint density at radius 1 is 1.24 bits per heavy atom. The lowest BCUT2D eigenvalue weighted by atomic mass is 10.0. The van der Waals surface area contributed by atoms with Gasteiger partial charge in [0, 0.05) is 24.5 Å². The van der Waals surface area contributed by atoms with Crippen molar-refractivity contribution < 1.29 is 18.9 Å². The summed E-state index contributed by atoms with van der Waals surface area (Å²) in [7, 11) is 0. The molecule has 4 rings (SSSR count). The lowest BCUT2D eigenvalue weighted by Crippen LogP contribution is -2.48. The number of fused-ring (bicyclic) bond motifs is 1. The van der Waals surface area contributed by atoms with Crippen LogP contribution in [0.5, 0.6) is 0 Å². The number of aromatic nitrogens is 1. The molecule has 3 heterocycles. The third kappa shape index (κ3) is 3.02. The standard InChI is InChI=1S/C17H17N3O4S/c21-15(9-13-12-3-1-2-4-14(12)24-18-13)19-7-5-11(6-8-19)20-16(22)10-25-17(20)23/h1-4,11H,5-10H2. The van der Waals surface area contributed by atoms with E-state index in [-0.39, 0.29) is 35.3 Å². The SMILES string of the molecule is O=C(Cc1noc2ccccc12)N1CCC(N2C(=O)CSC2=O)CC1. The molecular formula is C17H17N3O4S. The molecular weight excluding hydrogens is 342 g/mol.